The number of rotatable bonds is 4. The average Bonchev–Trinajstić information content (AvgIpc) is 2.88. The fourth-order valence-corrected chi connectivity index (χ4v) is 2.78. The first-order chi connectivity index (χ1) is 8.09. The molecule has 92 valence electrons. The number of amides is 3. The van der Waals surface area contributed by atoms with E-state index in [0.29, 0.717) is 6.54 Å². The zero-order chi connectivity index (χ0) is 12.5. The molecule has 1 aliphatic heterocycles. The van der Waals surface area contributed by atoms with Crippen LogP contribution in [-0.4, -0.2) is 23.4 Å². The van der Waals surface area contributed by atoms with Gasteiger partial charge in [0.15, 0.2) is 5.54 Å². The van der Waals surface area contributed by atoms with Crippen molar-refractivity contribution in [2.24, 2.45) is 0 Å². The van der Waals surface area contributed by atoms with Gasteiger partial charge in [0.25, 0.3) is 5.91 Å². The van der Waals surface area contributed by atoms with E-state index >= 15 is 0 Å². The van der Waals surface area contributed by atoms with Crippen molar-refractivity contribution in [3.05, 3.63) is 22.4 Å². The molecule has 4 nitrogen and oxygen atoms in total. The maximum absolute atomic E-state index is 12.3. The van der Waals surface area contributed by atoms with Gasteiger partial charge in [-0.1, -0.05) is 19.4 Å². The molecule has 1 aliphatic rings. The Kier molecular flexibility index (Phi) is 3.19. The van der Waals surface area contributed by atoms with E-state index in [1.807, 2.05) is 24.4 Å². The molecule has 1 N–H and O–H groups in total. The summed E-state index contributed by atoms with van der Waals surface area (Å²) in [5, 5.41) is 4.70. The molecular weight excluding hydrogens is 236 g/mol. The first-order valence-corrected chi connectivity index (χ1v) is 6.65. The fraction of sp³-hybridized carbons (Fsp3) is 0.500. The van der Waals surface area contributed by atoms with Gasteiger partial charge in [-0.3, -0.25) is 9.69 Å². The molecule has 0 saturated carbocycles. The Morgan fingerprint density at radius 1 is 1.47 bits per heavy atom. The van der Waals surface area contributed by atoms with Crippen LogP contribution in [0.4, 0.5) is 4.79 Å². The Labute approximate surface area is 105 Å². The third-order valence-electron chi connectivity index (χ3n) is 3.02. The van der Waals surface area contributed by atoms with Crippen LogP contribution in [0.2, 0.25) is 0 Å². The van der Waals surface area contributed by atoms with Gasteiger partial charge < -0.3 is 5.32 Å². The second-order valence-corrected chi connectivity index (χ2v) is 5.29. The van der Waals surface area contributed by atoms with E-state index in [4.69, 9.17) is 0 Å². The minimum absolute atomic E-state index is 0.140. The zero-order valence-corrected chi connectivity index (χ0v) is 10.8. The largest absolute Gasteiger partial charge is 0.325 e. The van der Waals surface area contributed by atoms with Gasteiger partial charge in [-0.15, -0.1) is 11.3 Å². The first kappa shape index (κ1) is 12.1. The number of carbonyl (C=O) groups excluding carboxylic acids is 2. The van der Waals surface area contributed by atoms with E-state index in [0.717, 1.165) is 17.7 Å². The number of hydrogen-bond donors (Lipinski definition) is 1. The Morgan fingerprint density at radius 3 is 2.82 bits per heavy atom. The van der Waals surface area contributed by atoms with Crippen LogP contribution in [0, 0.1) is 0 Å². The lowest BCUT2D eigenvalue weighted by atomic mass is 10.0. The number of nitrogens with zero attached hydrogens (tertiary/aromatic N) is 1. The molecule has 1 fully saturated rings. The van der Waals surface area contributed by atoms with E-state index in [1.54, 1.807) is 6.92 Å². The van der Waals surface area contributed by atoms with Crippen LogP contribution in [0.5, 0.6) is 0 Å². The van der Waals surface area contributed by atoms with Crippen molar-refractivity contribution in [2.75, 3.05) is 6.54 Å². The molecular formula is C12H16N2O2S. The molecule has 17 heavy (non-hydrogen) atoms. The minimum atomic E-state index is -0.876. The Bertz CT molecular complexity index is 430. The third-order valence-corrected chi connectivity index (χ3v) is 4.12. The smallest absolute Gasteiger partial charge is 0.319 e. The summed E-state index contributed by atoms with van der Waals surface area (Å²) in [4.78, 5) is 26.3. The summed E-state index contributed by atoms with van der Waals surface area (Å²) < 4.78 is 0. The normalized spacial score (nSPS) is 24.2. The summed E-state index contributed by atoms with van der Waals surface area (Å²) in [5.41, 5.74) is -0.876. The summed E-state index contributed by atoms with van der Waals surface area (Å²) in [6.45, 7) is 4.31. The molecule has 0 radical (unpaired) electrons. The number of urea groups is 1. The second kappa shape index (κ2) is 4.49. The number of carbonyl (C=O) groups is 2. The lowest BCUT2D eigenvalue weighted by molar-refractivity contribution is -0.131. The molecule has 0 bridgehead atoms. The maximum Gasteiger partial charge on any atom is 0.325 e. The SMILES string of the molecule is CCCCN1C(=O)NC(C)(c2cccs2)C1=O. The van der Waals surface area contributed by atoms with Crippen molar-refractivity contribution in [2.45, 2.75) is 32.2 Å². The third kappa shape index (κ3) is 1.95. The fourth-order valence-electron chi connectivity index (χ4n) is 1.95. The van der Waals surface area contributed by atoms with Crippen LogP contribution in [0.25, 0.3) is 0 Å². The maximum atomic E-state index is 12.3. The number of imide groups is 1. The zero-order valence-electron chi connectivity index (χ0n) is 10.0. The Morgan fingerprint density at radius 2 is 2.24 bits per heavy atom. The van der Waals surface area contributed by atoms with E-state index in [2.05, 4.69) is 5.32 Å². The van der Waals surface area contributed by atoms with Crippen molar-refractivity contribution in [3.8, 4) is 0 Å². The molecule has 1 atom stereocenters. The number of hydrogen-bond acceptors (Lipinski definition) is 3. The van der Waals surface area contributed by atoms with Crippen LogP contribution < -0.4 is 5.32 Å². The van der Waals surface area contributed by atoms with Crippen LogP contribution >= 0.6 is 11.3 Å². The van der Waals surface area contributed by atoms with E-state index in [-0.39, 0.29) is 11.9 Å². The molecule has 3 amide bonds. The van der Waals surface area contributed by atoms with Gasteiger partial charge in [0.1, 0.15) is 0 Å². The Hall–Kier alpha value is -1.36. The number of nitrogens with one attached hydrogen (secondary N) is 1. The first-order valence-electron chi connectivity index (χ1n) is 5.77. The predicted octanol–water partition coefficient (Wildman–Crippen LogP) is 2.32. The summed E-state index contributed by atoms with van der Waals surface area (Å²) >= 11 is 1.49. The summed E-state index contributed by atoms with van der Waals surface area (Å²) in [5.74, 6) is -0.140. The van der Waals surface area contributed by atoms with Crippen molar-refractivity contribution >= 4 is 23.3 Å². The second-order valence-electron chi connectivity index (χ2n) is 4.34. The van der Waals surface area contributed by atoms with E-state index in [1.165, 1.54) is 16.2 Å². The lowest BCUT2D eigenvalue weighted by Crippen LogP contribution is -2.40. The highest BCUT2D eigenvalue weighted by atomic mass is 32.1. The van der Waals surface area contributed by atoms with Gasteiger partial charge in [0.05, 0.1) is 0 Å². The lowest BCUT2D eigenvalue weighted by Gasteiger charge is -2.19. The van der Waals surface area contributed by atoms with Crippen LogP contribution in [0.1, 0.15) is 31.6 Å². The number of thiophene rings is 1. The highest BCUT2D eigenvalue weighted by Gasteiger charge is 2.49. The monoisotopic (exact) mass is 252 g/mol. The molecule has 1 saturated heterocycles. The summed E-state index contributed by atoms with van der Waals surface area (Å²) in [6.07, 6.45) is 1.81. The molecule has 1 aromatic rings. The van der Waals surface area contributed by atoms with Gasteiger partial charge in [0, 0.05) is 11.4 Å². The van der Waals surface area contributed by atoms with Gasteiger partial charge in [-0.05, 0) is 24.8 Å². The van der Waals surface area contributed by atoms with Gasteiger partial charge in [-0.25, -0.2) is 4.79 Å². The van der Waals surface area contributed by atoms with Crippen molar-refractivity contribution in [1.29, 1.82) is 0 Å². The molecule has 2 rings (SSSR count). The molecule has 0 aliphatic carbocycles. The quantitative estimate of drug-likeness (QED) is 0.836. The molecule has 2 heterocycles. The number of unbranched alkanes of at least 4 members (excludes halogenated alkanes) is 1. The average molecular weight is 252 g/mol. The molecule has 0 aromatic carbocycles. The summed E-state index contributed by atoms with van der Waals surface area (Å²) in [7, 11) is 0. The van der Waals surface area contributed by atoms with Crippen LogP contribution in [-0.2, 0) is 10.3 Å². The predicted molar refractivity (Wildman–Crippen MR) is 66.8 cm³/mol. The van der Waals surface area contributed by atoms with E-state index < -0.39 is 5.54 Å². The molecule has 0 spiro atoms. The van der Waals surface area contributed by atoms with Crippen molar-refractivity contribution < 1.29 is 9.59 Å². The Balaban J connectivity index is 2.23. The van der Waals surface area contributed by atoms with E-state index in [9.17, 15) is 9.59 Å². The molecule has 1 aromatic heterocycles. The molecule has 5 heteroatoms. The van der Waals surface area contributed by atoms with Gasteiger partial charge in [-0.2, -0.15) is 0 Å². The van der Waals surface area contributed by atoms with Crippen molar-refractivity contribution in [3.63, 3.8) is 0 Å². The highest BCUT2D eigenvalue weighted by Crippen LogP contribution is 2.31. The van der Waals surface area contributed by atoms with Crippen LogP contribution in [0.3, 0.4) is 0 Å². The molecule has 1 unspecified atom stereocenters. The minimum Gasteiger partial charge on any atom is -0.319 e. The van der Waals surface area contributed by atoms with Gasteiger partial charge in [0.2, 0.25) is 0 Å². The standard InChI is InChI=1S/C12H16N2O2S/c1-3-4-7-14-10(15)12(2,13-11(14)16)9-6-5-8-17-9/h5-6,8H,3-4,7H2,1-2H3,(H,13,16). The van der Waals surface area contributed by atoms with Gasteiger partial charge >= 0.3 is 6.03 Å². The topological polar surface area (TPSA) is 49.4 Å². The summed E-state index contributed by atoms with van der Waals surface area (Å²) in [6, 6.07) is 3.49. The van der Waals surface area contributed by atoms with Crippen molar-refractivity contribution in [1.82, 2.24) is 10.2 Å². The highest BCUT2D eigenvalue weighted by molar-refractivity contribution is 7.10. The van der Waals surface area contributed by atoms with Crippen LogP contribution in [0.15, 0.2) is 17.5 Å².